The monoisotopic (exact) mass is 400 g/mol. The number of hydrogen-bond acceptors (Lipinski definition) is 5. The Kier molecular flexibility index (Phi) is 4.79. The Bertz CT molecular complexity index is 1180. The zero-order chi connectivity index (χ0) is 19.6. The SMILES string of the molecule is O=c1[nH]c(-c2ccccc2)nc2c1CN(Cc1scnc1-c1ccccc1)CC2. The van der Waals surface area contributed by atoms with Crippen LogP contribution in [0.4, 0.5) is 0 Å². The normalized spacial score (nSPS) is 13.9. The second-order valence-corrected chi connectivity index (χ2v) is 8.10. The van der Waals surface area contributed by atoms with Gasteiger partial charge in [0.1, 0.15) is 5.82 Å². The molecule has 4 aromatic rings. The van der Waals surface area contributed by atoms with Crippen molar-refractivity contribution in [2.24, 2.45) is 0 Å². The summed E-state index contributed by atoms with van der Waals surface area (Å²) in [5.74, 6) is 0.650. The molecule has 2 aromatic carbocycles. The number of aromatic nitrogens is 3. The second-order valence-electron chi connectivity index (χ2n) is 7.16. The smallest absolute Gasteiger partial charge is 0.255 e. The summed E-state index contributed by atoms with van der Waals surface area (Å²) in [5.41, 5.74) is 6.66. The van der Waals surface area contributed by atoms with E-state index in [9.17, 15) is 4.79 Å². The zero-order valence-electron chi connectivity index (χ0n) is 15.8. The van der Waals surface area contributed by atoms with Gasteiger partial charge in [0.05, 0.1) is 22.5 Å². The van der Waals surface area contributed by atoms with E-state index in [4.69, 9.17) is 4.98 Å². The van der Waals surface area contributed by atoms with Crippen molar-refractivity contribution >= 4 is 11.3 Å². The van der Waals surface area contributed by atoms with Crippen LogP contribution in [0.5, 0.6) is 0 Å². The topological polar surface area (TPSA) is 61.9 Å². The van der Waals surface area contributed by atoms with E-state index in [2.05, 4.69) is 27.0 Å². The van der Waals surface area contributed by atoms with Gasteiger partial charge < -0.3 is 4.98 Å². The third kappa shape index (κ3) is 3.64. The minimum atomic E-state index is -0.0360. The maximum atomic E-state index is 12.8. The van der Waals surface area contributed by atoms with Crippen LogP contribution in [0.1, 0.15) is 16.1 Å². The van der Waals surface area contributed by atoms with Gasteiger partial charge in [0.2, 0.25) is 0 Å². The summed E-state index contributed by atoms with van der Waals surface area (Å²) in [5, 5.41) is 0. The molecular weight excluding hydrogens is 380 g/mol. The van der Waals surface area contributed by atoms with Crippen LogP contribution in [-0.4, -0.2) is 26.4 Å². The van der Waals surface area contributed by atoms with Crippen LogP contribution in [0, 0.1) is 0 Å². The van der Waals surface area contributed by atoms with Crippen molar-refractivity contribution in [3.05, 3.63) is 92.7 Å². The summed E-state index contributed by atoms with van der Waals surface area (Å²) in [6.07, 6.45) is 0.776. The van der Waals surface area contributed by atoms with Crippen LogP contribution >= 0.6 is 11.3 Å². The van der Waals surface area contributed by atoms with E-state index in [1.165, 1.54) is 4.88 Å². The van der Waals surface area contributed by atoms with E-state index in [1.807, 2.05) is 54.0 Å². The van der Waals surface area contributed by atoms with Crippen molar-refractivity contribution in [3.8, 4) is 22.6 Å². The minimum absolute atomic E-state index is 0.0360. The lowest BCUT2D eigenvalue weighted by Gasteiger charge is -2.27. The molecule has 0 saturated carbocycles. The fourth-order valence-electron chi connectivity index (χ4n) is 3.77. The quantitative estimate of drug-likeness (QED) is 0.560. The molecule has 1 N–H and O–H groups in total. The van der Waals surface area contributed by atoms with Crippen molar-refractivity contribution in [1.29, 1.82) is 0 Å². The summed E-state index contributed by atoms with van der Waals surface area (Å²) in [4.78, 5) is 28.6. The molecule has 3 heterocycles. The third-order valence-corrected chi connectivity index (χ3v) is 6.07. The van der Waals surface area contributed by atoms with Crippen molar-refractivity contribution in [2.75, 3.05) is 6.54 Å². The third-order valence-electron chi connectivity index (χ3n) is 5.25. The van der Waals surface area contributed by atoms with Gasteiger partial charge in [-0.1, -0.05) is 60.7 Å². The van der Waals surface area contributed by atoms with Gasteiger partial charge in [-0.3, -0.25) is 9.69 Å². The van der Waals surface area contributed by atoms with Crippen LogP contribution in [-0.2, 0) is 19.5 Å². The number of aromatic amines is 1. The number of fused-ring (bicyclic) bond motifs is 1. The van der Waals surface area contributed by atoms with Crippen LogP contribution in [0.25, 0.3) is 22.6 Å². The lowest BCUT2D eigenvalue weighted by atomic mass is 10.1. The number of rotatable bonds is 4. The molecule has 0 unspecified atom stereocenters. The molecule has 5 rings (SSSR count). The fourth-order valence-corrected chi connectivity index (χ4v) is 4.59. The number of thiazole rings is 1. The molecule has 0 atom stereocenters. The van der Waals surface area contributed by atoms with Crippen molar-refractivity contribution in [3.63, 3.8) is 0 Å². The first-order valence-electron chi connectivity index (χ1n) is 9.65. The first-order chi connectivity index (χ1) is 14.3. The average Bonchev–Trinajstić information content (AvgIpc) is 3.23. The predicted molar refractivity (Wildman–Crippen MR) is 116 cm³/mol. The molecule has 0 spiro atoms. The molecule has 0 radical (unpaired) electrons. The molecule has 0 fully saturated rings. The molecule has 144 valence electrons. The van der Waals surface area contributed by atoms with Gasteiger partial charge in [0.25, 0.3) is 5.56 Å². The first-order valence-corrected chi connectivity index (χ1v) is 10.5. The van der Waals surface area contributed by atoms with Crippen molar-refractivity contribution in [2.45, 2.75) is 19.5 Å². The standard InChI is InChI=1S/C23H20N4OS/c28-23-18-13-27(14-20-21(24-15-29-20)16-7-3-1-4-8-16)12-11-19(18)25-22(26-23)17-9-5-2-6-10-17/h1-10,15H,11-14H2,(H,25,26,28). The molecule has 1 aliphatic rings. The van der Waals surface area contributed by atoms with E-state index in [0.29, 0.717) is 12.4 Å². The second kappa shape index (κ2) is 7.73. The Morgan fingerprint density at radius 3 is 2.48 bits per heavy atom. The number of benzene rings is 2. The minimum Gasteiger partial charge on any atom is -0.306 e. The van der Waals surface area contributed by atoms with E-state index in [-0.39, 0.29) is 5.56 Å². The highest BCUT2D eigenvalue weighted by atomic mass is 32.1. The lowest BCUT2D eigenvalue weighted by Crippen LogP contribution is -2.35. The predicted octanol–water partition coefficient (Wildman–Crippen LogP) is 4.12. The molecule has 0 bridgehead atoms. The van der Waals surface area contributed by atoms with Gasteiger partial charge in [0, 0.05) is 42.1 Å². The van der Waals surface area contributed by atoms with E-state index >= 15 is 0 Å². The molecule has 6 heteroatoms. The molecule has 0 amide bonds. The maximum Gasteiger partial charge on any atom is 0.255 e. The lowest BCUT2D eigenvalue weighted by molar-refractivity contribution is 0.244. The summed E-state index contributed by atoms with van der Waals surface area (Å²) < 4.78 is 0. The van der Waals surface area contributed by atoms with Gasteiger partial charge in [-0.05, 0) is 0 Å². The van der Waals surface area contributed by atoms with Crippen molar-refractivity contribution < 1.29 is 0 Å². The highest BCUT2D eigenvalue weighted by Crippen LogP contribution is 2.28. The van der Waals surface area contributed by atoms with Gasteiger partial charge in [-0.15, -0.1) is 11.3 Å². The van der Waals surface area contributed by atoms with Crippen LogP contribution in [0.3, 0.4) is 0 Å². The molecule has 1 aliphatic heterocycles. The van der Waals surface area contributed by atoms with Gasteiger partial charge in [0.15, 0.2) is 0 Å². The van der Waals surface area contributed by atoms with E-state index in [1.54, 1.807) is 11.3 Å². The highest BCUT2D eigenvalue weighted by molar-refractivity contribution is 7.10. The highest BCUT2D eigenvalue weighted by Gasteiger charge is 2.23. The maximum absolute atomic E-state index is 12.8. The molecule has 29 heavy (non-hydrogen) atoms. The zero-order valence-corrected chi connectivity index (χ0v) is 16.7. The Labute approximate surface area is 172 Å². The fraction of sp³-hybridized carbons (Fsp3) is 0.174. The van der Waals surface area contributed by atoms with Crippen LogP contribution in [0.15, 0.2) is 71.0 Å². The molecule has 2 aromatic heterocycles. The number of nitrogens with one attached hydrogen (secondary N) is 1. The summed E-state index contributed by atoms with van der Waals surface area (Å²) in [6.45, 7) is 2.27. The number of nitrogens with zero attached hydrogens (tertiary/aromatic N) is 3. The average molecular weight is 401 g/mol. The number of H-pyrrole nitrogens is 1. The van der Waals surface area contributed by atoms with Crippen LogP contribution in [0.2, 0.25) is 0 Å². The Morgan fingerprint density at radius 2 is 1.72 bits per heavy atom. The Balaban J connectivity index is 1.39. The molecular formula is C23H20N4OS. The molecule has 5 nitrogen and oxygen atoms in total. The van der Waals surface area contributed by atoms with Gasteiger partial charge >= 0.3 is 0 Å². The summed E-state index contributed by atoms with van der Waals surface area (Å²) in [6, 6.07) is 20.1. The van der Waals surface area contributed by atoms with Gasteiger partial charge in [-0.25, -0.2) is 9.97 Å². The summed E-state index contributed by atoms with van der Waals surface area (Å²) >= 11 is 1.67. The molecule has 0 aliphatic carbocycles. The van der Waals surface area contributed by atoms with E-state index < -0.39 is 0 Å². The Hall–Kier alpha value is -3.09. The Morgan fingerprint density at radius 1 is 1.00 bits per heavy atom. The van der Waals surface area contributed by atoms with Crippen molar-refractivity contribution in [1.82, 2.24) is 19.9 Å². The largest absolute Gasteiger partial charge is 0.306 e. The molecule has 0 saturated heterocycles. The first kappa shape index (κ1) is 18.0. The summed E-state index contributed by atoms with van der Waals surface area (Å²) in [7, 11) is 0. The van der Waals surface area contributed by atoms with Crippen LogP contribution < -0.4 is 5.56 Å². The number of hydrogen-bond donors (Lipinski definition) is 1. The van der Waals surface area contributed by atoms with Gasteiger partial charge in [-0.2, -0.15) is 0 Å². The van der Waals surface area contributed by atoms with E-state index in [0.717, 1.165) is 47.6 Å².